The number of nitrogens with one attached hydrogen (secondary N) is 2. The Kier molecular flexibility index (Phi) is 239. The highest BCUT2D eigenvalue weighted by atomic mass is 32.1. The molecule has 0 spiro atoms. The molecule has 0 fully saturated rings. The minimum Gasteiger partial charge on any atom is -0.248 e. The van der Waals surface area contributed by atoms with E-state index in [4.69, 9.17) is 10.8 Å². The Morgan fingerprint density at radius 2 is 1.00 bits per heavy atom. The third-order valence-electron chi connectivity index (χ3n) is 0. The molecule has 0 amide bonds. The van der Waals surface area contributed by atoms with Crippen LogP contribution in [0.15, 0.2) is 0 Å². The lowest BCUT2D eigenvalue weighted by molar-refractivity contribution is 1.61. The fourth-order valence-corrected chi connectivity index (χ4v) is 0. The highest BCUT2D eigenvalue weighted by molar-refractivity contribution is 7.78. The van der Waals surface area contributed by atoms with Crippen LogP contribution in [0.4, 0.5) is 0 Å². The SMILES string of the molecule is C#C.N=C=S.N=C=S. The van der Waals surface area contributed by atoms with Gasteiger partial charge in [-0.3, -0.25) is 0 Å². The summed E-state index contributed by atoms with van der Waals surface area (Å²) in [5, 5.41) is 14.7. The fraction of sp³-hybridized carbons (Fsp3) is 0. The van der Waals surface area contributed by atoms with Crippen molar-refractivity contribution in [2.24, 2.45) is 0 Å². The zero-order valence-corrected chi connectivity index (χ0v) is 5.60. The topological polar surface area (TPSA) is 47.7 Å². The molecule has 0 rings (SSSR count). The summed E-state index contributed by atoms with van der Waals surface area (Å²) in [6.07, 6.45) is 8.00. The van der Waals surface area contributed by atoms with E-state index in [2.05, 4.69) is 37.3 Å². The molecule has 0 saturated heterocycles. The fourth-order valence-electron chi connectivity index (χ4n) is 0. The summed E-state index contributed by atoms with van der Waals surface area (Å²) in [4.78, 5) is 0. The molecule has 0 unspecified atom stereocenters. The molecule has 8 heavy (non-hydrogen) atoms. The molecule has 0 aromatic heterocycles. The third kappa shape index (κ3) is 127. The van der Waals surface area contributed by atoms with Gasteiger partial charge in [0.15, 0.2) is 0 Å². The van der Waals surface area contributed by atoms with Crippen molar-refractivity contribution in [3.05, 3.63) is 0 Å². The van der Waals surface area contributed by atoms with Crippen LogP contribution in [0.2, 0.25) is 0 Å². The molecule has 0 atom stereocenters. The van der Waals surface area contributed by atoms with Crippen molar-refractivity contribution < 1.29 is 0 Å². The Morgan fingerprint density at radius 3 is 1.00 bits per heavy atom. The van der Waals surface area contributed by atoms with Gasteiger partial charge in [-0.15, -0.1) is 12.8 Å². The van der Waals surface area contributed by atoms with Crippen LogP contribution in [0.1, 0.15) is 0 Å². The zero-order valence-electron chi connectivity index (χ0n) is 3.97. The standard InChI is InChI=1S/C2H2.2CHNS/c1-2;2*2-1-3/h1-2H;2*2H. The lowest BCUT2D eigenvalue weighted by Crippen LogP contribution is -1.03. The van der Waals surface area contributed by atoms with Gasteiger partial charge in [0.05, 0.1) is 10.3 Å². The van der Waals surface area contributed by atoms with E-state index in [-0.39, 0.29) is 0 Å². The second-order valence-electron chi connectivity index (χ2n) is 0.204. The number of hydrogen-bond donors (Lipinski definition) is 2. The predicted octanol–water partition coefficient (Wildman–Crippen LogP) is 1.59. The van der Waals surface area contributed by atoms with Gasteiger partial charge >= 0.3 is 0 Å². The molecule has 0 bridgehead atoms. The Balaban J connectivity index is -0.0000000483. The molecule has 2 N–H and O–H groups in total. The van der Waals surface area contributed by atoms with Crippen molar-refractivity contribution in [2.75, 3.05) is 0 Å². The van der Waals surface area contributed by atoms with E-state index in [1.54, 1.807) is 10.3 Å². The van der Waals surface area contributed by atoms with Gasteiger partial charge in [-0.25, -0.2) is 10.8 Å². The molecule has 0 aliphatic carbocycles. The van der Waals surface area contributed by atoms with Crippen molar-refractivity contribution >= 4 is 34.8 Å². The van der Waals surface area contributed by atoms with Gasteiger partial charge in [0.25, 0.3) is 0 Å². The van der Waals surface area contributed by atoms with E-state index in [0.717, 1.165) is 0 Å². The van der Waals surface area contributed by atoms with E-state index in [0.29, 0.717) is 0 Å². The monoisotopic (exact) mass is 144 g/mol. The van der Waals surface area contributed by atoms with E-state index >= 15 is 0 Å². The van der Waals surface area contributed by atoms with Gasteiger partial charge in [0.2, 0.25) is 0 Å². The first kappa shape index (κ1) is 15.7. The molecule has 0 aromatic rings. The predicted molar refractivity (Wildman–Crippen MR) is 40.5 cm³/mol. The average Bonchev–Trinajstić information content (AvgIpc) is 1.75. The van der Waals surface area contributed by atoms with Crippen molar-refractivity contribution in [3.63, 3.8) is 0 Å². The number of rotatable bonds is 0. The highest BCUT2D eigenvalue weighted by Crippen LogP contribution is 1.16. The molecule has 0 aliphatic rings. The molecule has 0 aromatic carbocycles. The quantitative estimate of drug-likeness (QED) is 0.308. The second-order valence-corrected chi connectivity index (χ2v) is 0.612. The van der Waals surface area contributed by atoms with Gasteiger partial charge in [-0.2, -0.15) is 0 Å². The Bertz CT molecular complexity index is 92.5. The molecule has 42 valence electrons. The molecule has 0 aliphatic heterocycles. The van der Waals surface area contributed by atoms with Crippen LogP contribution in [0, 0.1) is 23.7 Å². The van der Waals surface area contributed by atoms with E-state index in [1.165, 1.54) is 0 Å². The summed E-state index contributed by atoms with van der Waals surface area (Å²) < 4.78 is 0. The van der Waals surface area contributed by atoms with Crippen molar-refractivity contribution in [1.82, 2.24) is 0 Å². The maximum atomic E-state index is 5.77. The molecular weight excluding hydrogens is 140 g/mol. The van der Waals surface area contributed by atoms with E-state index < -0.39 is 0 Å². The van der Waals surface area contributed by atoms with Crippen molar-refractivity contribution in [1.29, 1.82) is 10.8 Å². The van der Waals surface area contributed by atoms with Crippen LogP contribution in [0.25, 0.3) is 0 Å². The van der Waals surface area contributed by atoms with Crippen LogP contribution < -0.4 is 0 Å². The minimum absolute atomic E-state index is 1.58. The first-order chi connectivity index (χ1) is 3.83. The highest BCUT2D eigenvalue weighted by Gasteiger charge is 0.978. The van der Waals surface area contributed by atoms with Crippen LogP contribution in [0.3, 0.4) is 0 Å². The summed E-state index contributed by atoms with van der Waals surface area (Å²) in [6, 6.07) is 0. The maximum Gasteiger partial charge on any atom is 0.0554 e. The molecule has 4 heteroatoms. The third-order valence-corrected chi connectivity index (χ3v) is 0. The molecule has 2 nitrogen and oxygen atoms in total. The Morgan fingerprint density at radius 1 is 1.00 bits per heavy atom. The van der Waals surface area contributed by atoms with Gasteiger partial charge in [0.1, 0.15) is 0 Å². The molecule has 0 saturated carbocycles. The number of thiocarbonyl (C=S) groups is 2. The summed E-state index contributed by atoms with van der Waals surface area (Å²) >= 11 is 7.62. The first-order valence-corrected chi connectivity index (χ1v) is 2.06. The van der Waals surface area contributed by atoms with Crippen LogP contribution in [-0.4, -0.2) is 10.3 Å². The lowest BCUT2D eigenvalue weighted by atomic mass is 11.4. The average molecular weight is 144 g/mol. The first-order valence-electron chi connectivity index (χ1n) is 1.24. The molecule has 0 radical (unpaired) electrons. The van der Waals surface area contributed by atoms with Gasteiger partial charge in [-0.1, -0.05) is 0 Å². The minimum atomic E-state index is 1.58. The smallest absolute Gasteiger partial charge is 0.0554 e. The Hall–Kier alpha value is -0.840. The van der Waals surface area contributed by atoms with Crippen LogP contribution in [-0.2, 0) is 0 Å². The second kappa shape index (κ2) is 122. The van der Waals surface area contributed by atoms with Gasteiger partial charge < -0.3 is 0 Å². The number of hydrogen-bond acceptors (Lipinski definition) is 4. The summed E-state index contributed by atoms with van der Waals surface area (Å²) in [5.41, 5.74) is 0. The summed E-state index contributed by atoms with van der Waals surface area (Å²) in [6.45, 7) is 0. The van der Waals surface area contributed by atoms with Crippen LogP contribution in [0.5, 0.6) is 0 Å². The van der Waals surface area contributed by atoms with Gasteiger partial charge in [-0.05, 0) is 24.4 Å². The maximum absolute atomic E-state index is 5.77. The summed E-state index contributed by atoms with van der Waals surface area (Å²) in [5.74, 6) is 0. The summed E-state index contributed by atoms with van der Waals surface area (Å²) in [7, 11) is 0. The van der Waals surface area contributed by atoms with E-state index in [1.807, 2.05) is 0 Å². The zero-order chi connectivity index (χ0) is 7.41. The van der Waals surface area contributed by atoms with E-state index in [9.17, 15) is 0 Å². The number of isothiocyanates is 2. The number of terminal acetylenes is 1. The largest absolute Gasteiger partial charge is 0.248 e. The lowest BCUT2D eigenvalue weighted by Gasteiger charge is -1.05. The normalized spacial score (nSPS) is 2.25. The van der Waals surface area contributed by atoms with Crippen LogP contribution >= 0.6 is 24.4 Å². The van der Waals surface area contributed by atoms with Crippen molar-refractivity contribution in [2.45, 2.75) is 0 Å². The molecule has 0 heterocycles. The van der Waals surface area contributed by atoms with Crippen molar-refractivity contribution in [3.8, 4) is 12.8 Å². The van der Waals surface area contributed by atoms with Gasteiger partial charge in [0, 0.05) is 0 Å². The Labute approximate surface area is 58.9 Å². The molecular formula is C4H4N2S2.